The predicted octanol–water partition coefficient (Wildman–Crippen LogP) is 6.45. The van der Waals surface area contributed by atoms with Crippen LogP contribution in [0, 0.1) is 6.92 Å². The van der Waals surface area contributed by atoms with Crippen LogP contribution in [-0.2, 0) is 10.2 Å². The molecule has 0 amide bonds. The lowest BCUT2D eigenvalue weighted by Gasteiger charge is -2.36. The van der Waals surface area contributed by atoms with E-state index in [-0.39, 0.29) is 11.7 Å². The van der Waals surface area contributed by atoms with Crippen molar-refractivity contribution in [3.05, 3.63) is 107 Å². The summed E-state index contributed by atoms with van der Waals surface area (Å²) in [7, 11) is 0. The van der Waals surface area contributed by atoms with Gasteiger partial charge in [-0.15, -0.1) is 0 Å². The van der Waals surface area contributed by atoms with Gasteiger partial charge in [0.2, 0.25) is 0 Å². The summed E-state index contributed by atoms with van der Waals surface area (Å²) in [6.07, 6.45) is 1.28. The second-order valence-corrected chi connectivity index (χ2v) is 7.38. The molecule has 3 aromatic carbocycles. The fraction of sp³-hybridized carbons (Fsp3) is 0.269. The summed E-state index contributed by atoms with van der Waals surface area (Å²) >= 11 is 0. The lowest BCUT2D eigenvalue weighted by molar-refractivity contribution is -0.123. The Kier molecular flexibility index (Phi) is 5.91. The van der Waals surface area contributed by atoms with Gasteiger partial charge in [0, 0.05) is 6.42 Å². The van der Waals surface area contributed by atoms with E-state index >= 15 is 0 Å². The third kappa shape index (κ3) is 3.73. The van der Waals surface area contributed by atoms with E-state index in [2.05, 4.69) is 62.4 Å². The summed E-state index contributed by atoms with van der Waals surface area (Å²) in [5.74, 6) is 0.544. The molecule has 0 fully saturated rings. The molecular weight excluding hydrogens is 328 g/mol. The summed E-state index contributed by atoms with van der Waals surface area (Å²) in [6, 6.07) is 29.1. The number of ketones is 1. The summed E-state index contributed by atoms with van der Waals surface area (Å²) in [4.78, 5) is 13.5. The highest BCUT2D eigenvalue weighted by molar-refractivity contribution is 5.93. The van der Waals surface area contributed by atoms with E-state index in [0.29, 0.717) is 6.42 Å². The molecule has 0 N–H and O–H groups in total. The third-order valence-corrected chi connectivity index (χ3v) is 5.66. The first kappa shape index (κ1) is 19.1. The largest absolute Gasteiger partial charge is 0.298 e. The molecule has 0 bridgehead atoms. The van der Waals surface area contributed by atoms with Crippen molar-refractivity contribution in [3.8, 4) is 0 Å². The Morgan fingerprint density at radius 1 is 0.815 bits per heavy atom. The van der Waals surface area contributed by atoms with Crippen LogP contribution in [0.5, 0.6) is 0 Å². The Bertz CT molecular complexity index is 841. The minimum atomic E-state index is -0.626. The molecule has 138 valence electrons. The maximum Gasteiger partial charge on any atom is 0.147 e. The van der Waals surface area contributed by atoms with E-state index in [1.165, 1.54) is 11.1 Å². The molecule has 1 nitrogen and oxygen atoms in total. The summed E-state index contributed by atoms with van der Waals surface area (Å²) in [5, 5.41) is 0. The second-order valence-electron chi connectivity index (χ2n) is 7.38. The molecule has 0 radical (unpaired) electrons. The Labute approximate surface area is 163 Å². The van der Waals surface area contributed by atoms with Gasteiger partial charge in [-0.1, -0.05) is 98.8 Å². The quantitative estimate of drug-likeness (QED) is 0.475. The molecule has 0 aromatic heterocycles. The van der Waals surface area contributed by atoms with Gasteiger partial charge in [0.15, 0.2) is 0 Å². The topological polar surface area (TPSA) is 17.1 Å². The van der Waals surface area contributed by atoms with Crippen molar-refractivity contribution in [2.45, 2.75) is 44.9 Å². The first-order valence-electron chi connectivity index (χ1n) is 9.79. The molecule has 1 atom stereocenters. The molecule has 0 aliphatic rings. The SMILES string of the molecule is CCC(=O)C(CC(C)c1ccccc1C)(c1ccccc1)c1ccccc1. The molecular formula is C26H28O. The minimum absolute atomic E-state index is 0.266. The summed E-state index contributed by atoms with van der Waals surface area (Å²) in [6.45, 7) is 6.37. The maximum atomic E-state index is 13.5. The Balaban J connectivity index is 2.17. The number of Topliss-reactive ketones (excluding diaryl/α,β-unsaturated/α-hetero) is 1. The van der Waals surface area contributed by atoms with Gasteiger partial charge in [-0.05, 0) is 41.5 Å². The second kappa shape index (κ2) is 8.35. The standard InChI is InChI=1S/C26H28O/c1-4-25(27)26(22-14-7-5-8-15-22,23-16-9-6-10-17-23)19-21(3)24-18-12-11-13-20(24)2/h5-18,21H,4,19H2,1-3H3. The number of rotatable bonds is 7. The zero-order valence-corrected chi connectivity index (χ0v) is 16.5. The molecule has 3 aromatic rings. The number of hydrogen-bond donors (Lipinski definition) is 0. The number of hydrogen-bond acceptors (Lipinski definition) is 1. The van der Waals surface area contributed by atoms with E-state index < -0.39 is 5.41 Å². The summed E-state index contributed by atoms with van der Waals surface area (Å²) < 4.78 is 0. The van der Waals surface area contributed by atoms with Crippen molar-refractivity contribution in [3.63, 3.8) is 0 Å². The third-order valence-electron chi connectivity index (χ3n) is 5.66. The van der Waals surface area contributed by atoms with Crippen LogP contribution in [-0.4, -0.2) is 5.78 Å². The molecule has 0 heterocycles. The molecule has 3 rings (SSSR count). The van der Waals surface area contributed by atoms with Crippen molar-refractivity contribution in [1.82, 2.24) is 0 Å². The number of carbonyl (C=O) groups is 1. The smallest absolute Gasteiger partial charge is 0.147 e. The molecule has 0 aliphatic carbocycles. The van der Waals surface area contributed by atoms with Crippen LogP contribution in [0.15, 0.2) is 84.9 Å². The van der Waals surface area contributed by atoms with Crippen LogP contribution in [0.2, 0.25) is 0 Å². The molecule has 0 saturated carbocycles. The first-order chi connectivity index (χ1) is 13.1. The van der Waals surface area contributed by atoms with Gasteiger partial charge in [-0.25, -0.2) is 0 Å². The predicted molar refractivity (Wildman–Crippen MR) is 113 cm³/mol. The monoisotopic (exact) mass is 356 g/mol. The Morgan fingerprint density at radius 2 is 1.30 bits per heavy atom. The van der Waals surface area contributed by atoms with E-state index in [0.717, 1.165) is 17.5 Å². The highest BCUT2D eigenvalue weighted by atomic mass is 16.1. The maximum absolute atomic E-state index is 13.5. The summed E-state index contributed by atoms with van der Waals surface area (Å²) in [5.41, 5.74) is 4.15. The Hall–Kier alpha value is -2.67. The zero-order valence-electron chi connectivity index (χ0n) is 16.5. The zero-order chi connectivity index (χ0) is 19.3. The van der Waals surface area contributed by atoms with E-state index in [9.17, 15) is 4.79 Å². The van der Waals surface area contributed by atoms with Gasteiger partial charge in [0.1, 0.15) is 5.78 Å². The fourth-order valence-corrected chi connectivity index (χ4v) is 4.29. The van der Waals surface area contributed by atoms with Crippen LogP contribution in [0.25, 0.3) is 0 Å². The van der Waals surface area contributed by atoms with Gasteiger partial charge in [0.05, 0.1) is 5.41 Å². The van der Waals surface area contributed by atoms with Crippen LogP contribution in [0.3, 0.4) is 0 Å². The normalized spacial score (nSPS) is 12.6. The molecule has 0 saturated heterocycles. The molecule has 0 spiro atoms. The van der Waals surface area contributed by atoms with Crippen molar-refractivity contribution >= 4 is 5.78 Å². The lowest BCUT2D eigenvalue weighted by Crippen LogP contribution is -2.38. The lowest BCUT2D eigenvalue weighted by atomic mass is 9.65. The van der Waals surface area contributed by atoms with Crippen LogP contribution >= 0.6 is 0 Å². The molecule has 1 heteroatoms. The molecule has 1 unspecified atom stereocenters. The van der Waals surface area contributed by atoms with Gasteiger partial charge in [0.25, 0.3) is 0 Å². The van der Waals surface area contributed by atoms with E-state index in [4.69, 9.17) is 0 Å². The average molecular weight is 357 g/mol. The van der Waals surface area contributed by atoms with Gasteiger partial charge in [-0.3, -0.25) is 4.79 Å². The van der Waals surface area contributed by atoms with Crippen molar-refractivity contribution < 1.29 is 4.79 Å². The van der Waals surface area contributed by atoms with Crippen molar-refractivity contribution in [1.29, 1.82) is 0 Å². The van der Waals surface area contributed by atoms with Crippen molar-refractivity contribution in [2.75, 3.05) is 0 Å². The van der Waals surface area contributed by atoms with Crippen LogP contribution < -0.4 is 0 Å². The van der Waals surface area contributed by atoms with Gasteiger partial charge >= 0.3 is 0 Å². The number of carbonyl (C=O) groups excluding carboxylic acids is 1. The fourth-order valence-electron chi connectivity index (χ4n) is 4.29. The molecule has 27 heavy (non-hydrogen) atoms. The van der Waals surface area contributed by atoms with Crippen LogP contribution in [0.4, 0.5) is 0 Å². The van der Waals surface area contributed by atoms with Gasteiger partial charge < -0.3 is 0 Å². The van der Waals surface area contributed by atoms with Crippen LogP contribution in [0.1, 0.15) is 54.9 Å². The number of aryl methyl sites for hydroxylation is 1. The number of benzene rings is 3. The van der Waals surface area contributed by atoms with Crippen molar-refractivity contribution in [2.24, 2.45) is 0 Å². The Morgan fingerprint density at radius 3 is 1.78 bits per heavy atom. The van der Waals surface area contributed by atoms with Gasteiger partial charge in [-0.2, -0.15) is 0 Å². The van der Waals surface area contributed by atoms with E-state index in [1.54, 1.807) is 0 Å². The van der Waals surface area contributed by atoms with E-state index in [1.807, 2.05) is 43.3 Å². The first-order valence-corrected chi connectivity index (χ1v) is 9.79. The average Bonchev–Trinajstić information content (AvgIpc) is 2.73. The minimum Gasteiger partial charge on any atom is -0.298 e. The highest BCUT2D eigenvalue weighted by Gasteiger charge is 2.41. The highest BCUT2D eigenvalue weighted by Crippen LogP contribution is 2.43. The molecule has 0 aliphatic heterocycles.